The van der Waals surface area contributed by atoms with Crippen molar-refractivity contribution in [2.45, 2.75) is 78.6 Å². The fourth-order valence-corrected chi connectivity index (χ4v) is 5.85. The monoisotopic (exact) mass is 616 g/mol. The van der Waals surface area contributed by atoms with Gasteiger partial charge in [0.1, 0.15) is 29.5 Å². The van der Waals surface area contributed by atoms with Gasteiger partial charge in [-0.1, -0.05) is 43.9 Å². The second kappa shape index (κ2) is 14.3. The van der Waals surface area contributed by atoms with E-state index in [4.69, 9.17) is 19.2 Å². The Hall–Kier alpha value is -4.11. The standard InChI is InChI=1S/C36H48N4O5/c1-9-11-16-36(7)17-19-39(20-18-36)33-30(31(34(42)43-8)45-35(4,5)6)25(3)22-29-38-27(24-40(29)33)32(41)37-23-26-14-12-13-15-28(26)44-21-10-2/h9-10,12-15,22,24,31H,1-2,11,16-21,23H2,3-8H3,(H,37,41)/t31-/m0/s1. The summed E-state index contributed by atoms with van der Waals surface area (Å²) in [7, 11) is 1.38. The number of amides is 1. The van der Waals surface area contributed by atoms with Gasteiger partial charge >= 0.3 is 5.97 Å². The second-order valence-electron chi connectivity index (χ2n) is 13.1. The number of anilines is 1. The molecule has 1 N–H and O–H groups in total. The van der Waals surface area contributed by atoms with Crippen molar-refractivity contribution in [3.05, 3.63) is 84.2 Å². The zero-order valence-electron chi connectivity index (χ0n) is 27.7. The average Bonchev–Trinajstić information content (AvgIpc) is 3.44. The van der Waals surface area contributed by atoms with Crippen LogP contribution in [0, 0.1) is 12.3 Å². The van der Waals surface area contributed by atoms with Gasteiger partial charge < -0.3 is 24.4 Å². The number of aromatic nitrogens is 2. The number of imidazole rings is 1. The molecular formula is C36H48N4O5. The summed E-state index contributed by atoms with van der Waals surface area (Å²) in [6.07, 6.45) is 8.47. The van der Waals surface area contributed by atoms with Crippen molar-refractivity contribution in [3.8, 4) is 5.75 Å². The lowest BCUT2D eigenvalue weighted by Crippen LogP contribution is -2.41. The van der Waals surface area contributed by atoms with Gasteiger partial charge in [-0.3, -0.25) is 9.20 Å². The van der Waals surface area contributed by atoms with Gasteiger partial charge in [0.2, 0.25) is 0 Å². The predicted molar refractivity (Wildman–Crippen MR) is 178 cm³/mol. The first kappa shape index (κ1) is 33.8. The largest absolute Gasteiger partial charge is 0.489 e. The first-order chi connectivity index (χ1) is 21.4. The quantitative estimate of drug-likeness (QED) is 0.168. The summed E-state index contributed by atoms with van der Waals surface area (Å²) in [5.41, 5.74) is 2.88. The summed E-state index contributed by atoms with van der Waals surface area (Å²) >= 11 is 0. The molecule has 1 aliphatic heterocycles. The van der Waals surface area contributed by atoms with Crippen LogP contribution in [0.15, 0.2) is 61.8 Å². The maximum atomic E-state index is 13.5. The van der Waals surface area contributed by atoms with Gasteiger partial charge in [-0.15, -0.1) is 6.58 Å². The van der Waals surface area contributed by atoms with Crippen LogP contribution in [0.3, 0.4) is 0 Å². The van der Waals surface area contributed by atoms with Crippen LogP contribution in [0.5, 0.6) is 5.75 Å². The molecule has 1 atom stereocenters. The number of hydrogen-bond donors (Lipinski definition) is 1. The van der Waals surface area contributed by atoms with Gasteiger partial charge in [0, 0.05) is 37.0 Å². The molecule has 0 unspecified atom stereocenters. The molecule has 242 valence electrons. The summed E-state index contributed by atoms with van der Waals surface area (Å²) < 4.78 is 19.3. The molecule has 45 heavy (non-hydrogen) atoms. The molecule has 1 aliphatic rings. The van der Waals surface area contributed by atoms with E-state index in [1.54, 1.807) is 12.3 Å². The number of carbonyl (C=O) groups is 2. The third-order valence-electron chi connectivity index (χ3n) is 8.35. The number of hydrogen-bond acceptors (Lipinski definition) is 7. The zero-order chi connectivity index (χ0) is 32.8. The molecule has 1 aromatic carbocycles. The normalized spacial score (nSPS) is 15.4. The van der Waals surface area contributed by atoms with Crippen LogP contribution in [0.1, 0.15) is 86.7 Å². The van der Waals surface area contributed by atoms with Gasteiger partial charge in [0.25, 0.3) is 5.91 Å². The van der Waals surface area contributed by atoms with E-state index in [0.717, 1.165) is 61.3 Å². The minimum absolute atomic E-state index is 0.198. The molecular weight excluding hydrogens is 568 g/mol. The smallest absolute Gasteiger partial charge is 0.339 e. The van der Waals surface area contributed by atoms with Crippen molar-refractivity contribution in [2.75, 3.05) is 31.7 Å². The number of pyridine rings is 1. The highest BCUT2D eigenvalue weighted by atomic mass is 16.6. The minimum Gasteiger partial charge on any atom is -0.489 e. The molecule has 1 amide bonds. The molecule has 1 saturated heterocycles. The molecule has 9 nitrogen and oxygen atoms in total. The highest BCUT2D eigenvalue weighted by Gasteiger charge is 2.37. The SMILES string of the molecule is C=CCCC1(C)CCN(c2c([C@H](OC(C)(C)C)C(=O)OC)c(C)cc3nc(C(=O)NCc4ccccc4OCC=C)cn23)CC1. The number of piperidine rings is 1. The third kappa shape index (κ3) is 8.14. The number of benzene rings is 1. The Morgan fingerprint density at radius 3 is 2.51 bits per heavy atom. The Labute approximate surface area is 267 Å². The number of methoxy groups -OCH3 is 1. The van der Waals surface area contributed by atoms with Gasteiger partial charge in [0.05, 0.1) is 12.7 Å². The molecule has 3 aromatic rings. The fraction of sp³-hybridized carbons (Fsp3) is 0.472. The fourth-order valence-electron chi connectivity index (χ4n) is 5.85. The van der Waals surface area contributed by atoms with Crippen LogP contribution in [0.25, 0.3) is 5.65 Å². The van der Waals surface area contributed by atoms with E-state index in [1.807, 2.05) is 68.5 Å². The third-order valence-corrected chi connectivity index (χ3v) is 8.35. The number of fused-ring (bicyclic) bond motifs is 1. The maximum absolute atomic E-state index is 13.5. The van der Waals surface area contributed by atoms with Crippen molar-refractivity contribution < 1.29 is 23.8 Å². The van der Waals surface area contributed by atoms with Gasteiger partial charge in [-0.2, -0.15) is 0 Å². The van der Waals surface area contributed by atoms with E-state index >= 15 is 0 Å². The molecule has 4 rings (SSSR count). The van der Waals surface area contributed by atoms with Crippen LogP contribution < -0.4 is 15.0 Å². The zero-order valence-corrected chi connectivity index (χ0v) is 27.7. The van der Waals surface area contributed by atoms with Gasteiger partial charge in [-0.25, -0.2) is 9.78 Å². The lowest BCUT2D eigenvalue weighted by Gasteiger charge is -2.42. The van der Waals surface area contributed by atoms with Gasteiger partial charge in [-0.05, 0) is 76.5 Å². The molecule has 1 fully saturated rings. The number of nitrogens with zero attached hydrogens (tertiary/aromatic N) is 3. The number of allylic oxidation sites excluding steroid dienone is 1. The first-order valence-corrected chi connectivity index (χ1v) is 15.6. The Kier molecular flexibility index (Phi) is 10.8. The highest BCUT2D eigenvalue weighted by molar-refractivity contribution is 5.93. The number of rotatable bonds is 13. The molecule has 3 heterocycles. The number of ether oxygens (including phenoxy) is 3. The van der Waals surface area contributed by atoms with Crippen LogP contribution in [-0.4, -0.2) is 53.7 Å². The molecule has 0 spiro atoms. The molecule has 0 aliphatic carbocycles. The lowest BCUT2D eigenvalue weighted by molar-refractivity contribution is -0.164. The highest BCUT2D eigenvalue weighted by Crippen LogP contribution is 2.41. The minimum atomic E-state index is -0.963. The van der Waals surface area contributed by atoms with E-state index in [0.29, 0.717) is 18.0 Å². The Bertz CT molecular complexity index is 1530. The van der Waals surface area contributed by atoms with Crippen molar-refractivity contribution in [2.24, 2.45) is 5.41 Å². The van der Waals surface area contributed by atoms with E-state index < -0.39 is 17.7 Å². The Morgan fingerprint density at radius 2 is 1.87 bits per heavy atom. The Balaban J connectivity index is 1.75. The lowest BCUT2D eigenvalue weighted by atomic mass is 9.76. The summed E-state index contributed by atoms with van der Waals surface area (Å²) in [4.78, 5) is 33.8. The number of nitrogens with one attached hydrogen (secondary N) is 1. The van der Waals surface area contributed by atoms with Crippen LogP contribution in [-0.2, 0) is 20.8 Å². The Morgan fingerprint density at radius 1 is 1.16 bits per heavy atom. The van der Waals surface area contributed by atoms with Crippen LogP contribution in [0.4, 0.5) is 5.82 Å². The van der Waals surface area contributed by atoms with E-state index in [1.165, 1.54) is 7.11 Å². The summed E-state index contributed by atoms with van der Waals surface area (Å²) in [6, 6.07) is 9.47. The van der Waals surface area contributed by atoms with Crippen molar-refractivity contribution in [3.63, 3.8) is 0 Å². The van der Waals surface area contributed by atoms with E-state index in [2.05, 4.69) is 30.3 Å². The number of carbonyl (C=O) groups excluding carboxylic acids is 2. The van der Waals surface area contributed by atoms with Crippen LogP contribution in [0.2, 0.25) is 0 Å². The van der Waals surface area contributed by atoms with Crippen LogP contribution >= 0.6 is 0 Å². The van der Waals surface area contributed by atoms with E-state index in [-0.39, 0.29) is 23.6 Å². The molecule has 0 radical (unpaired) electrons. The summed E-state index contributed by atoms with van der Waals surface area (Å²) in [5, 5.41) is 2.99. The number of aryl methyl sites for hydroxylation is 1. The summed E-state index contributed by atoms with van der Waals surface area (Å²) in [6.45, 7) is 19.9. The molecule has 2 aromatic heterocycles. The predicted octanol–water partition coefficient (Wildman–Crippen LogP) is 6.74. The summed E-state index contributed by atoms with van der Waals surface area (Å²) in [5.74, 6) is 0.698. The average molecular weight is 617 g/mol. The van der Waals surface area contributed by atoms with Crippen molar-refractivity contribution in [1.82, 2.24) is 14.7 Å². The van der Waals surface area contributed by atoms with Crippen molar-refractivity contribution >= 4 is 23.3 Å². The number of esters is 1. The number of para-hydroxylation sites is 1. The molecule has 9 heteroatoms. The second-order valence-corrected chi connectivity index (χ2v) is 13.1. The van der Waals surface area contributed by atoms with Gasteiger partial charge in [0.15, 0.2) is 6.10 Å². The first-order valence-electron chi connectivity index (χ1n) is 15.6. The molecule has 0 bridgehead atoms. The topological polar surface area (TPSA) is 94.4 Å². The van der Waals surface area contributed by atoms with Crippen molar-refractivity contribution in [1.29, 1.82) is 0 Å². The van der Waals surface area contributed by atoms with E-state index in [9.17, 15) is 9.59 Å². The maximum Gasteiger partial charge on any atom is 0.339 e. The molecule has 0 saturated carbocycles.